The van der Waals surface area contributed by atoms with Crippen LogP contribution < -0.4 is 0 Å². The van der Waals surface area contributed by atoms with Crippen molar-refractivity contribution in [2.24, 2.45) is 0 Å². The summed E-state index contributed by atoms with van der Waals surface area (Å²) in [6.07, 6.45) is 4.38. The van der Waals surface area contributed by atoms with E-state index in [1.807, 2.05) is 4.57 Å². The van der Waals surface area contributed by atoms with E-state index < -0.39 is 5.97 Å². The fraction of sp³-hybridized carbons (Fsp3) is 0.267. The van der Waals surface area contributed by atoms with E-state index in [1.165, 1.54) is 18.2 Å². The number of rotatable bonds is 5. The number of hydrogen-bond acceptors (Lipinski definition) is 1. The fourth-order valence-electron chi connectivity index (χ4n) is 2.17. The number of fused-ring (bicyclic) bond motifs is 1. The van der Waals surface area contributed by atoms with Crippen molar-refractivity contribution in [3.8, 4) is 0 Å². The minimum Gasteiger partial charge on any atom is -0.478 e. The highest BCUT2D eigenvalue weighted by molar-refractivity contribution is 6.33. The first-order chi connectivity index (χ1) is 9.54. The molecule has 3 nitrogen and oxygen atoms in total. The van der Waals surface area contributed by atoms with Gasteiger partial charge in [0.25, 0.3) is 0 Å². The number of unbranched alkanes of at least 4 members (excludes halogenated alkanes) is 1. The molecule has 0 amide bonds. The Balaban J connectivity index is 2.62. The van der Waals surface area contributed by atoms with Gasteiger partial charge in [0.2, 0.25) is 0 Å². The van der Waals surface area contributed by atoms with Crippen molar-refractivity contribution in [1.82, 2.24) is 4.57 Å². The van der Waals surface area contributed by atoms with Crippen molar-refractivity contribution in [1.29, 1.82) is 0 Å². The van der Waals surface area contributed by atoms with Crippen molar-refractivity contribution >= 4 is 34.5 Å². The molecule has 106 valence electrons. The molecule has 20 heavy (non-hydrogen) atoms. The Bertz CT molecular complexity index is 676. The Hall–Kier alpha value is -1.81. The zero-order valence-electron chi connectivity index (χ0n) is 11.1. The first-order valence-corrected chi connectivity index (χ1v) is 6.80. The van der Waals surface area contributed by atoms with Gasteiger partial charge in [0.05, 0.1) is 0 Å². The fourth-order valence-corrected chi connectivity index (χ4v) is 2.51. The number of benzene rings is 1. The molecule has 0 saturated heterocycles. The number of carboxylic acid groups (broad SMARTS) is 1. The van der Waals surface area contributed by atoms with Gasteiger partial charge >= 0.3 is 5.97 Å². The molecule has 0 aliphatic heterocycles. The van der Waals surface area contributed by atoms with Gasteiger partial charge in [0.15, 0.2) is 0 Å². The maximum atomic E-state index is 13.4. The van der Waals surface area contributed by atoms with Crippen LogP contribution in [0.1, 0.15) is 25.3 Å². The van der Waals surface area contributed by atoms with Crippen molar-refractivity contribution in [3.05, 3.63) is 40.8 Å². The Morgan fingerprint density at radius 3 is 2.90 bits per heavy atom. The van der Waals surface area contributed by atoms with E-state index in [-0.39, 0.29) is 5.82 Å². The second kappa shape index (κ2) is 6.09. The third kappa shape index (κ3) is 2.85. The largest absolute Gasteiger partial charge is 0.478 e. The second-order valence-corrected chi connectivity index (χ2v) is 4.90. The number of aryl methyl sites for hydroxylation is 1. The van der Waals surface area contributed by atoms with E-state index in [0.29, 0.717) is 16.1 Å². The predicted octanol–water partition coefficient (Wildman–Crippen LogP) is 4.33. The normalized spacial score (nSPS) is 11.6. The van der Waals surface area contributed by atoms with E-state index in [2.05, 4.69) is 6.92 Å². The van der Waals surface area contributed by atoms with E-state index in [9.17, 15) is 9.18 Å². The Morgan fingerprint density at radius 1 is 1.50 bits per heavy atom. The van der Waals surface area contributed by atoms with Crippen molar-refractivity contribution < 1.29 is 14.3 Å². The van der Waals surface area contributed by atoms with E-state index in [0.717, 1.165) is 31.0 Å². The molecule has 0 radical (unpaired) electrons. The Morgan fingerprint density at radius 2 is 2.25 bits per heavy atom. The monoisotopic (exact) mass is 295 g/mol. The zero-order chi connectivity index (χ0) is 14.7. The molecule has 2 rings (SSSR count). The van der Waals surface area contributed by atoms with Crippen molar-refractivity contribution in [2.75, 3.05) is 0 Å². The first kappa shape index (κ1) is 14.6. The third-order valence-corrected chi connectivity index (χ3v) is 3.53. The molecule has 1 heterocycles. The van der Waals surface area contributed by atoms with Crippen LogP contribution in [-0.2, 0) is 11.3 Å². The summed E-state index contributed by atoms with van der Waals surface area (Å²) in [6, 6.07) is 4.43. The minimum atomic E-state index is -1.06. The topological polar surface area (TPSA) is 42.2 Å². The molecule has 1 aromatic carbocycles. The summed E-state index contributed by atoms with van der Waals surface area (Å²) in [5, 5.41) is 9.80. The summed E-state index contributed by atoms with van der Waals surface area (Å²) in [6.45, 7) is 2.79. The summed E-state index contributed by atoms with van der Waals surface area (Å²) < 4.78 is 15.3. The average molecular weight is 296 g/mol. The number of carbonyl (C=O) groups is 1. The van der Waals surface area contributed by atoms with Gasteiger partial charge in [-0.15, -0.1) is 0 Å². The van der Waals surface area contributed by atoms with Gasteiger partial charge in [-0.05, 0) is 30.7 Å². The second-order valence-electron chi connectivity index (χ2n) is 4.54. The van der Waals surface area contributed by atoms with Gasteiger partial charge in [-0.1, -0.05) is 24.9 Å². The Labute approximate surface area is 121 Å². The van der Waals surface area contributed by atoms with Crippen LogP contribution in [-0.4, -0.2) is 15.6 Å². The summed E-state index contributed by atoms with van der Waals surface area (Å²) >= 11 is 6.32. The molecule has 0 unspecified atom stereocenters. The molecule has 0 aliphatic rings. The lowest BCUT2D eigenvalue weighted by molar-refractivity contribution is -0.131. The maximum Gasteiger partial charge on any atom is 0.328 e. The van der Waals surface area contributed by atoms with E-state index >= 15 is 0 Å². The average Bonchev–Trinajstić information content (AvgIpc) is 2.65. The van der Waals surface area contributed by atoms with Gasteiger partial charge in [0.1, 0.15) is 11.0 Å². The predicted molar refractivity (Wildman–Crippen MR) is 78.5 cm³/mol. The molecule has 0 atom stereocenters. The number of carboxylic acids is 1. The van der Waals surface area contributed by atoms with Crippen LogP contribution in [0.5, 0.6) is 0 Å². The molecule has 0 bridgehead atoms. The van der Waals surface area contributed by atoms with Gasteiger partial charge in [-0.2, -0.15) is 0 Å². The lowest BCUT2D eigenvalue weighted by atomic mass is 10.1. The highest BCUT2D eigenvalue weighted by atomic mass is 35.5. The van der Waals surface area contributed by atoms with Crippen LogP contribution >= 0.6 is 11.6 Å². The summed E-state index contributed by atoms with van der Waals surface area (Å²) in [5.41, 5.74) is 1.36. The molecular weight excluding hydrogens is 281 g/mol. The number of hydrogen-bond donors (Lipinski definition) is 1. The number of nitrogens with zero attached hydrogens (tertiary/aromatic N) is 1. The van der Waals surface area contributed by atoms with Crippen molar-refractivity contribution in [3.63, 3.8) is 0 Å². The summed E-state index contributed by atoms with van der Waals surface area (Å²) in [4.78, 5) is 10.7. The van der Waals surface area contributed by atoms with Gasteiger partial charge in [-0.3, -0.25) is 0 Å². The lowest BCUT2D eigenvalue weighted by Gasteiger charge is -2.05. The molecule has 1 N–H and O–H groups in total. The van der Waals surface area contributed by atoms with Crippen LogP contribution in [0.25, 0.3) is 17.0 Å². The molecule has 0 aliphatic carbocycles. The molecule has 0 fully saturated rings. The van der Waals surface area contributed by atoms with E-state index in [1.54, 1.807) is 6.07 Å². The SMILES string of the molecule is CCCCn1c(Cl)c(/C=C/C(=O)O)c2cc(F)ccc21. The maximum absolute atomic E-state index is 13.4. The van der Waals surface area contributed by atoms with Crippen LogP contribution in [0, 0.1) is 5.82 Å². The smallest absolute Gasteiger partial charge is 0.328 e. The highest BCUT2D eigenvalue weighted by Gasteiger charge is 2.14. The first-order valence-electron chi connectivity index (χ1n) is 6.42. The quantitative estimate of drug-likeness (QED) is 0.834. The standard InChI is InChI=1S/C15H15ClFNO2/c1-2-3-8-18-13-6-4-10(17)9-12(13)11(15(18)16)5-7-14(19)20/h4-7,9H,2-3,8H2,1H3,(H,19,20)/b7-5+. The van der Waals surface area contributed by atoms with Crippen LogP contribution in [0.2, 0.25) is 5.15 Å². The van der Waals surface area contributed by atoms with E-state index in [4.69, 9.17) is 16.7 Å². The van der Waals surface area contributed by atoms with Crippen molar-refractivity contribution in [2.45, 2.75) is 26.3 Å². The third-order valence-electron chi connectivity index (χ3n) is 3.13. The molecule has 5 heteroatoms. The van der Waals surface area contributed by atoms with Crippen LogP contribution in [0.15, 0.2) is 24.3 Å². The molecular formula is C15H15ClFNO2. The molecule has 2 aromatic rings. The molecule has 0 spiro atoms. The summed E-state index contributed by atoms with van der Waals surface area (Å²) in [7, 11) is 0. The molecule has 0 saturated carbocycles. The minimum absolute atomic E-state index is 0.369. The van der Waals surface area contributed by atoms with Gasteiger partial charge in [-0.25, -0.2) is 9.18 Å². The zero-order valence-corrected chi connectivity index (χ0v) is 11.8. The van der Waals surface area contributed by atoms with Crippen LogP contribution in [0.3, 0.4) is 0 Å². The summed E-state index contributed by atoms with van der Waals surface area (Å²) in [5.74, 6) is -1.43. The Kier molecular flexibility index (Phi) is 4.45. The lowest BCUT2D eigenvalue weighted by Crippen LogP contribution is -1.97. The van der Waals surface area contributed by atoms with Gasteiger partial charge in [0, 0.05) is 29.1 Å². The number of halogens is 2. The van der Waals surface area contributed by atoms with Gasteiger partial charge < -0.3 is 9.67 Å². The number of aliphatic carboxylic acids is 1. The van der Waals surface area contributed by atoms with Crippen LogP contribution in [0.4, 0.5) is 4.39 Å². The number of aromatic nitrogens is 1. The molecule has 1 aromatic heterocycles. The highest BCUT2D eigenvalue weighted by Crippen LogP contribution is 2.32.